The number of amides is 2. The maximum Gasteiger partial charge on any atom is 0.320 e. The number of nitrogens with zero attached hydrogens (tertiary/aromatic N) is 2. The fourth-order valence-electron chi connectivity index (χ4n) is 2.50. The normalized spacial score (nSPS) is 11.8. The molecule has 1 unspecified atom stereocenters. The summed E-state index contributed by atoms with van der Waals surface area (Å²) < 4.78 is 1.78. The molecule has 2 N–H and O–H groups in total. The molecule has 0 aliphatic rings. The molecule has 0 fully saturated rings. The standard InChI is InChI=1S/C19H19ClN4O/c1-14(16-8-5-9-17(20)12-16)21-19(25)22-18-10-11-24(23-18)13-15-6-3-2-4-7-15/h2-12,14H,13H2,1H3,(H2,21,22,23,25). The van der Waals surface area contributed by atoms with Crippen LogP contribution in [0.25, 0.3) is 0 Å². The lowest BCUT2D eigenvalue weighted by molar-refractivity contribution is 0.249. The van der Waals surface area contributed by atoms with Gasteiger partial charge in [0, 0.05) is 17.3 Å². The lowest BCUT2D eigenvalue weighted by atomic mass is 10.1. The molecule has 1 aromatic heterocycles. The van der Waals surface area contributed by atoms with Crippen LogP contribution >= 0.6 is 11.6 Å². The Morgan fingerprint density at radius 1 is 1.16 bits per heavy atom. The Balaban J connectivity index is 1.56. The number of rotatable bonds is 5. The van der Waals surface area contributed by atoms with Gasteiger partial charge in [-0.2, -0.15) is 5.10 Å². The average Bonchev–Trinajstić information content (AvgIpc) is 3.02. The van der Waals surface area contributed by atoms with Crippen molar-refractivity contribution in [2.45, 2.75) is 19.5 Å². The monoisotopic (exact) mass is 354 g/mol. The van der Waals surface area contributed by atoms with Gasteiger partial charge in [0.15, 0.2) is 5.82 Å². The van der Waals surface area contributed by atoms with Crippen LogP contribution in [0.5, 0.6) is 0 Å². The number of hydrogen-bond donors (Lipinski definition) is 2. The second-order valence-electron chi connectivity index (χ2n) is 5.76. The van der Waals surface area contributed by atoms with Gasteiger partial charge in [0.25, 0.3) is 0 Å². The van der Waals surface area contributed by atoms with Gasteiger partial charge < -0.3 is 5.32 Å². The Hall–Kier alpha value is -2.79. The zero-order valence-electron chi connectivity index (χ0n) is 13.8. The van der Waals surface area contributed by atoms with Gasteiger partial charge in [0.1, 0.15) is 0 Å². The molecule has 0 saturated heterocycles. The third-order valence-corrected chi connectivity index (χ3v) is 4.00. The van der Waals surface area contributed by atoms with Crippen LogP contribution in [0.2, 0.25) is 5.02 Å². The molecule has 1 heterocycles. The van der Waals surface area contributed by atoms with Crippen molar-refractivity contribution in [1.82, 2.24) is 15.1 Å². The highest BCUT2D eigenvalue weighted by Crippen LogP contribution is 2.17. The Bertz CT molecular complexity index is 847. The Kier molecular flexibility index (Phi) is 5.36. The maximum absolute atomic E-state index is 12.1. The molecule has 2 aromatic carbocycles. The molecular weight excluding hydrogens is 336 g/mol. The van der Waals surface area contributed by atoms with Gasteiger partial charge in [-0.1, -0.05) is 54.1 Å². The molecule has 3 rings (SSSR count). The first-order chi connectivity index (χ1) is 12.1. The summed E-state index contributed by atoms with van der Waals surface area (Å²) in [5.41, 5.74) is 2.09. The van der Waals surface area contributed by atoms with Crippen molar-refractivity contribution < 1.29 is 4.79 Å². The van der Waals surface area contributed by atoms with Gasteiger partial charge in [-0.25, -0.2) is 4.79 Å². The molecule has 128 valence electrons. The van der Waals surface area contributed by atoms with Gasteiger partial charge in [-0.3, -0.25) is 10.00 Å². The highest BCUT2D eigenvalue weighted by atomic mass is 35.5. The fraction of sp³-hybridized carbons (Fsp3) is 0.158. The lowest BCUT2D eigenvalue weighted by Crippen LogP contribution is -2.31. The minimum absolute atomic E-state index is 0.162. The van der Waals surface area contributed by atoms with Crippen LogP contribution in [0.3, 0.4) is 0 Å². The zero-order valence-corrected chi connectivity index (χ0v) is 14.6. The van der Waals surface area contributed by atoms with E-state index in [9.17, 15) is 4.79 Å². The van der Waals surface area contributed by atoms with Crippen LogP contribution in [0.1, 0.15) is 24.1 Å². The SMILES string of the molecule is CC(NC(=O)Nc1ccn(Cc2ccccc2)n1)c1cccc(Cl)c1. The second-order valence-corrected chi connectivity index (χ2v) is 6.20. The Morgan fingerprint density at radius 2 is 1.96 bits per heavy atom. The van der Waals surface area contributed by atoms with Crippen LogP contribution in [0.15, 0.2) is 66.9 Å². The van der Waals surface area contributed by atoms with Gasteiger partial charge in [-0.05, 0) is 30.2 Å². The van der Waals surface area contributed by atoms with E-state index in [-0.39, 0.29) is 12.1 Å². The van der Waals surface area contributed by atoms with Gasteiger partial charge in [0.2, 0.25) is 0 Å². The molecule has 0 saturated carbocycles. The number of nitrogens with one attached hydrogen (secondary N) is 2. The molecule has 0 bridgehead atoms. The van der Waals surface area contributed by atoms with Crippen LogP contribution in [0, 0.1) is 0 Å². The van der Waals surface area contributed by atoms with Crippen molar-refractivity contribution in [2.75, 3.05) is 5.32 Å². The molecular formula is C19H19ClN4O. The van der Waals surface area contributed by atoms with E-state index < -0.39 is 0 Å². The van der Waals surface area contributed by atoms with Crippen molar-refractivity contribution in [3.63, 3.8) is 0 Å². The van der Waals surface area contributed by atoms with E-state index in [0.717, 1.165) is 11.1 Å². The van der Waals surface area contributed by atoms with Gasteiger partial charge in [-0.15, -0.1) is 0 Å². The molecule has 0 spiro atoms. The van der Waals surface area contributed by atoms with Crippen molar-refractivity contribution in [2.24, 2.45) is 0 Å². The largest absolute Gasteiger partial charge is 0.331 e. The number of aromatic nitrogens is 2. The van der Waals surface area contributed by atoms with Crippen molar-refractivity contribution in [3.8, 4) is 0 Å². The maximum atomic E-state index is 12.1. The molecule has 0 aliphatic carbocycles. The summed E-state index contributed by atoms with van der Waals surface area (Å²) in [5.74, 6) is 0.506. The predicted molar refractivity (Wildman–Crippen MR) is 99.8 cm³/mol. The number of anilines is 1. The highest BCUT2D eigenvalue weighted by molar-refractivity contribution is 6.30. The first-order valence-electron chi connectivity index (χ1n) is 8.00. The number of urea groups is 1. The van der Waals surface area contributed by atoms with E-state index in [4.69, 9.17) is 11.6 Å². The van der Waals surface area contributed by atoms with Gasteiger partial charge >= 0.3 is 6.03 Å². The lowest BCUT2D eigenvalue weighted by Gasteiger charge is -2.14. The van der Waals surface area contributed by atoms with E-state index >= 15 is 0 Å². The third kappa shape index (κ3) is 4.84. The number of carbonyl (C=O) groups is 1. The second kappa shape index (κ2) is 7.85. The number of benzene rings is 2. The molecule has 6 heteroatoms. The van der Waals surface area contributed by atoms with Crippen LogP contribution < -0.4 is 10.6 Å². The first-order valence-corrected chi connectivity index (χ1v) is 8.38. The number of halogens is 1. The topological polar surface area (TPSA) is 59.0 Å². The van der Waals surface area contributed by atoms with Crippen molar-refractivity contribution >= 4 is 23.4 Å². The van der Waals surface area contributed by atoms with Gasteiger partial charge in [0.05, 0.1) is 12.6 Å². The number of carbonyl (C=O) groups excluding carboxylic acids is 1. The summed E-state index contributed by atoms with van der Waals surface area (Å²) in [7, 11) is 0. The molecule has 2 amide bonds. The molecule has 25 heavy (non-hydrogen) atoms. The van der Waals surface area contributed by atoms with Crippen molar-refractivity contribution in [1.29, 1.82) is 0 Å². The smallest absolute Gasteiger partial charge is 0.320 e. The fourth-order valence-corrected chi connectivity index (χ4v) is 2.69. The zero-order chi connectivity index (χ0) is 17.6. The third-order valence-electron chi connectivity index (χ3n) is 3.77. The van der Waals surface area contributed by atoms with E-state index in [1.165, 1.54) is 0 Å². The quantitative estimate of drug-likeness (QED) is 0.710. The van der Waals surface area contributed by atoms with Crippen LogP contribution in [-0.4, -0.2) is 15.8 Å². The first kappa shape index (κ1) is 17.0. The molecule has 0 radical (unpaired) electrons. The Morgan fingerprint density at radius 3 is 2.72 bits per heavy atom. The van der Waals surface area contributed by atoms with Crippen LogP contribution in [0.4, 0.5) is 10.6 Å². The summed E-state index contributed by atoms with van der Waals surface area (Å²) in [6.45, 7) is 2.56. The van der Waals surface area contributed by atoms with E-state index in [1.807, 2.05) is 61.7 Å². The average molecular weight is 355 g/mol. The summed E-state index contributed by atoms with van der Waals surface area (Å²) in [5, 5.41) is 10.6. The van der Waals surface area contributed by atoms with E-state index in [1.54, 1.807) is 16.8 Å². The van der Waals surface area contributed by atoms with E-state index in [0.29, 0.717) is 17.4 Å². The van der Waals surface area contributed by atoms with E-state index in [2.05, 4.69) is 15.7 Å². The van der Waals surface area contributed by atoms with Crippen LogP contribution in [-0.2, 0) is 6.54 Å². The summed E-state index contributed by atoms with van der Waals surface area (Å²) in [4.78, 5) is 12.1. The summed E-state index contributed by atoms with van der Waals surface area (Å²) in [6, 6.07) is 18.7. The predicted octanol–water partition coefficient (Wildman–Crippen LogP) is 4.47. The Labute approximate surface area is 151 Å². The van der Waals surface area contributed by atoms with Crippen molar-refractivity contribution in [3.05, 3.63) is 83.0 Å². The molecule has 5 nitrogen and oxygen atoms in total. The minimum atomic E-state index is -0.308. The summed E-state index contributed by atoms with van der Waals surface area (Å²) in [6.07, 6.45) is 1.84. The number of hydrogen-bond acceptors (Lipinski definition) is 2. The minimum Gasteiger partial charge on any atom is -0.331 e. The molecule has 1 atom stereocenters. The molecule has 3 aromatic rings. The summed E-state index contributed by atoms with van der Waals surface area (Å²) >= 11 is 5.98. The highest BCUT2D eigenvalue weighted by Gasteiger charge is 2.11. The molecule has 0 aliphatic heterocycles.